The van der Waals surface area contributed by atoms with Crippen LogP contribution in [0.5, 0.6) is 11.5 Å². The SMILES string of the molecule is Nc1ncnc2c1c(-c1ccc(Oc3ccccc3)cc1)nn2[C@@H]1CCCN(C2CN(C(=O)N3CC(N4CCN(c5ccc6c(c5)CN(C5CCC(=O)NC5=O)C6=O)CC4)C3)C2)C1. The first-order valence-electron chi connectivity index (χ1n) is 22.1. The molecule has 5 aromatic rings. The fourth-order valence-corrected chi connectivity index (χ4v) is 10.3. The third kappa shape index (κ3) is 7.27. The number of urea groups is 1. The number of nitrogens with zero attached hydrogens (tertiary/aromatic N) is 10. The van der Waals surface area contributed by atoms with E-state index in [-0.39, 0.29) is 30.3 Å². The summed E-state index contributed by atoms with van der Waals surface area (Å²) < 4.78 is 8.06. The third-order valence-corrected chi connectivity index (χ3v) is 13.9. The van der Waals surface area contributed by atoms with E-state index in [2.05, 4.69) is 36.1 Å². The van der Waals surface area contributed by atoms with Crippen molar-refractivity contribution in [2.45, 2.75) is 56.4 Å². The van der Waals surface area contributed by atoms with Gasteiger partial charge >= 0.3 is 6.03 Å². The second-order valence-electron chi connectivity index (χ2n) is 17.6. The summed E-state index contributed by atoms with van der Waals surface area (Å²) in [6.07, 6.45) is 4.09. The van der Waals surface area contributed by atoms with Crippen LogP contribution in [0.25, 0.3) is 22.3 Å². The Morgan fingerprint density at radius 3 is 2.24 bits per heavy atom. The number of imide groups is 1. The minimum absolute atomic E-state index is 0.105. The number of ether oxygens (including phenoxy) is 1. The number of para-hydroxylation sites is 1. The summed E-state index contributed by atoms with van der Waals surface area (Å²) in [4.78, 5) is 72.8. The standard InChI is InChI=1S/C46H50N12O5/c47-42-40-41(29-8-11-36(12-9-29)63-35-6-2-1-3-7-35)51-58(43(40)49-28-48-42)32-5-4-16-54(23-32)34-26-56(27-34)46(62)55-24-33(25-55)53-19-17-52(18-20-53)31-10-13-37-30(21-31)22-57(45(37)61)38-14-15-39(59)50-44(38)60/h1-3,6-13,21,28,32-34,38H,4-5,14-20,22-27H2,(H2,47,48,49)(H,50,59,60)/t32-,38?/m1/s1. The number of nitrogens with two attached hydrogens (primary N) is 1. The molecule has 3 aromatic carbocycles. The van der Waals surface area contributed by atoms with Crippen molar-refractivity contribution >= 4 is 46.3 Å². The number of nitrogens with one attached hydrogen (secondary N) is 1. The zero-order valence-electron chi connectivity index (χ0n) is 35.0. The first-order valence-corrected chi connectivity index (χ1v) is 22.1. The minimum Gasteiger partial charge on any atom is -0.457 e. The quantitative estimate of drug-likeness (QED) is 0.217. The number of aromatic nitrogens is 4. The lowest BCUT2D eigenvalue weighted by Crippen LogP contribution is -2.70. The highest BCUT2D eigenvalue weighted by atomic mass is 16.5. The number of amides is 5. The van der Waals surface area contributed by atoms with Crippen LogP contribution >= 0.6 is 0 Å². The summed E-state index contributed by atoms with van der Waals surface area (Å²) in [7, 11) is 0. The van der Waals surface area contributed by atoms with Gasteiger partial charge in [0.25, 0.3) is 5.91 Å². The maximum atomic E-state index is 13.6. The second kappa shape index (κ2) is 16.0. The van der Waals surface area contributed by atoms with E-state index in [9.17, 15) is 19.2 Å². The molecule has 324 valence electrons. The zero-order chi connectivity index (χ0) is 42.8. The van der Waals surface area contributed by atoms with Crippen molar-refractivity contribution in [1.29, 1.82) is 0 Å². The largest absolute Gasteiger partial charge is 0.457 e. The van der Waals surface area contributed by atoms with E-state index >= 15 is 0 Å². The number of anilines is 2. The van der Waals surface area contributed by atoms with Crippen LogP contribution in [0.3, 0.4) is 0 Å². The van der Waals surface area contributed by atoms with Gasteiger partial charge in [-0.2, -0.15) is 5.10 Å². The van der Waals surface area contributed by atoms with Gasteiger partial charge in [0.1, 0.15) is 35.4 Å². The van der Waals surface area contributed by atoms with Crippen LogP contribution in [-0.2, 0) is 16.1 Å². The number of piperidine rings is 2. The summed E-state index contributed by atoms with van der Waals surface area (Å²) in [6, 6.07) is 23.8. The van der Waals surface area contributed by atoms with Gasteiger partial charge in [-0.05, 0) is 86.0 Å². The van der Waals surface area contributed by atoms with Crippen LogP contribution in [-0.4, -0.2) is 152 Å². The Balaban J connectivity index is 0.661. The number of piperazine rings is 1. The molecule has 17 nitrogen and oxygen atoms in total. The van der Waals surface area contributed by atoms with Gasteiger partial charge in [-0.1, -0.05) is 18.2 Å². The molecule has 8 heterocycles. The number of carbonyl (C=O) groups is 4. The summed E-state index contributed by atoms with van der Waals surface area (Å²) in [6.45, 7) is 8.60. The van der Waals surface area contributed by atoms with Gasteiger partial charge in [-0.3, -0.25) is 29.5 Å². The Morgan fingerprint density at radius 1 is 0.762 bits per heavy atom. The van der Waals surface area contributed by atoms with Crippen molar-refractivity contribution in [2.75, 3.05) is 76.1 Å². The summed E-state index contributed by atoms with van der Waals surface area (Å²) in [5, 5.41) is 8.26. The molecular formula is C46H50N12O5. The Labute approximate surface area is 364 Å². The first kappa shape index (κ1) is 39.3. The smallest absolute Gasteiger partial charge is 0.320 e. The molecule has 0 spiro atoms. The Bertz CT molecular complexity index is 2580. The molecule has 5 fully saturated rings. The van der Waals surface area contributed by atoms with E-state index in [1.807, 2.05) is 81.2 Å². The number of benzene rings is 3. The van der Waals surface area contributed by atoms with Crippen molar-refractivity contribution in [1.82, 2.24) is 49.6 Å². The summed E-state index contributed by atoms with van der Waals surface area (Å²) in [5.41, 5.74) is 11.5. The number of hydrogen-bond donors (Lipinski definition) is 2. The third-order valence-electron chi connectivity index (χ3n) is 13.9. The minimum atomic E-state index is -0.617. The lowest BCUT2D eigenvalue weighted by molar-refractivity contribution is -0.136. The van der Waals surface area contributed by atoms with Crippen LogP contribution in [0.1, 0.15) is 47.6 Å². The van der Waals surface area contributed by atoms with Crippen LogP contribution in [0, 0.1) is 0 Å². The van der Waals surface area contributed by atoms with Gasteiger partial charge in [-0.15, -0.1) is 0 Å². The van der Waals surface area contributed by atoms with Gasteiger partial charge in [0.15, 0.2) is 5.65 Å². The normalized spacial score (nSPS) is 22.6. The van der Waals surface area contributed by atoms with Gasteiger partial charge < -0.3 is 30.1 Å². The van der Waals surface area contributed by atoms with E-state index in [4.69, 9.17) is 15.6 Å². The average Bonchev–Trinajstić information content (AvgIpc) is 3.82. The van der Waals surface area contributed by atoms with E-state index in [0.717, 1.165) is 123 Å². The molecule has 0 radical (unpaired) electrons. The second-order valence-corrected chi connectivity index (χ2v) is 17.6. The molecule has 1 unspecified atom stereocenters. The maximum absolute atomic E-state index is 13.6. The fraction of sp³-hybridized carbons (Fsp3) is 0.413. The highest BCUT2D eigenvalue weighted by molar-refractivity contribution is 6.05. The molecule has 63 heavy (non-hydrogen) atoms. The molecule has 0 aliphatic carbocycles. The highest BCUT2D eigenvalue weighted by Crippen LogP contribution is 2.37. The molecule has 5 amide bonds. The molecule has 17 heteroatoms. The molecule has 3 N–H and O–H groups in total. The molecule has 6 aliphatic heterocycles. The topological polar surface area (TPSA) is 179 Å². The molecule has 11 rings (SSSR count). The predicted molar refractivity (Wildman–Crippen MR) is 234 cm³/mol. The average molecular weight is 851 g/mol. The van der Waals surface area contributed by atoms with Gasteiger partial charge in [0.2, 0.25) is 11.8 Å². The number of likely N-dealkylation sites (tertiary alicyclic amines) is 3. The highest BCUT2D eigenvalue weighted by Gasteiger charge is 2.44. The maximum Gasteiger partial charge on any atom is 0.320 e. The van der Waals surface area contributed by atoms with Crippen LogP contribution in [0.15, 0.2) is 79.1 Å². The van der Waals surface area contributed by atoms with Crippen molar-refractivity contribution in [3.8, 4) is 22.8 Å². The predicted octanol–water partition coefficient (Wildman–Crippen LogP) is 3.58. The molecule has 2 aromatic heterocycles. The van der Waals surface area contributed by atoms with Gasteiger partial charge in [0.05, 0.1) is 11.4 Å². The number of hydrogen-bond acceptors (Lipinski definition) is 12. The number of rotatable bonds is 8. The van der Waals surface area contributed by atoms with E-state index < -0.39 is 11.9 Å². The molecular weight excluding hydrogens is 801 g/mol. The van der Waals surface area contributed by atoms with Gasteiger partial charge in [0, 0.05) is 101 Å². The van der Waals surface area contributed by atoms with E-state index in [1.54, 1.807) is 4.90 Å². The van der Waals surface area contributed by atoms with Crippen molar-refractivity contribution in [2.24, 2.45) is 0 Å². The summed E-state index contributed by atoms with van der Waals surface area (Å²) >= 11 is 0. The van der Waals surface area contributed by atoms with E-state index in [0.29, 0.717) is 36.4 Å². The Kier molecular flexibility index (Phi) is 9.94. The zero-order valence-corrected chi connectivity index (χ0v) is 35.0. The lowest BCUT2D eigenvalue weighted by atomic mass is 9.99. The molecule has 0 bridgehead atoms. The first-order chi connectivity index (χ1) is 30.7. The van der Waals surface area contributed by atoms with Gasteiger partial charge in [-0.25, -0.2) is 19.4 Å². The van der Waals surface area contributed by atoms with Crippen LogP contribution < -0.4 is 20.7 Å². The number of fused-ring (bicyclic) bond motifs is 2. The number of carbonyl (C=O) groups excluding carboxylic acids is 4. The van der Waals surface area contributed by atoms with E-state index in [1.165, 1.54) is 6.33 Å². The Hall–Kier alpha value is -6.59. The Morgan fingerprint density at radius 2 is 1.49 bits per heavy atom. The van der Waals surface area contributed by atoms with Crippen molar-refractivity contribution < 1.29 is 23.9 Å². The van der Waals surface area contributed by atoms with Crippen LogP contribution in [0.2, 0.25) is 0 Å². The molecule has 2 atom stereocenters. The number of nitrogen functional groups attached to an aromatic ring is 1. The summed E-state index contributed by atoms with van der Waals surface area (Å²) in [5.74, 6) is 1.07. The van der Waals surface area contributed by atoms with Crippen molar-refractivity contribution in [3.63, 3.8) is 0 Å². The fourth-order valence-electron chi connectivity index (χ4n) is 10.3. The monoisotopic (exact) mass is 850 g/mol. The molecule has 0 saturated carbocycles. The molecule has 6 aliphatic rings. The van der Waals surface area contributed by atoms with Crippen molar-refractivity contribution in [3.05, 3.63) is 90.3 Å². The van der Waals surface area contributed by atoms with Crippen LogP contribution in [0.4, 0.5) is 16.3 Å². The molecule has 5 saturated heterocycles. The lowest BCUT2D eigenvalue weighted by Gasteiger charge is -2.53.